The minimum Gasteiger partial charge on any atom is -0.462 e. The van der Waals surface area contributed by atoms with Crippen molar-refractivity contribution in [1.82, 2.24) is 0 Å². The highest BCUT2D eigenvalue weighted by molar-refractivity contribution is 7.47. The van der Waals surface area contributed by atoms with Crippen LogP contribution in [-0.4, -0.2) is 96.7 Å². The minimum atomic E-state index is -4.96. The van der Waals surface area contributed by atoms with E-state index in [1.54, 1.807) is 0 Å². The first-order valence-electron chi connectivity index (χ1n) is 41.5. The zero-order valence-electron chi connectivity index (χ0n) is 65.0. The number of phosphoric acid groups is 2. The molecular weight excluding hydrogens is 1290 g/mol. The van der Waals surface area contributed by atoms with Crippen LogP contribution < -0.4 is 0 Å². The summed E-state index contributed by atoms with van der Waals surface area (Å²) in [6.45, 7) is 12.0. The maximum Gasteiger partial charge on any atom is 0.472 e. The fourth-order valence-corrected chi connectivity index (χ4v) is 13.8. The topological polar surface area (TPSA) is 237 Å². The normalized spacial score (nSPS) is 14.8. The van der Waals surface area contributed by atoms with Crippen LogP contribution >= 0.6 is 15.6 Å². The Morgan fingerprint density at radius 2 is 0.485 bits per heavy atom. The van der Waals surface area contributed by atoms with E-state index < -0.39 is 97.5 Å². The molecule has 0 aliphatic rings. The van der Waals surface area contributed by atoms with Crippen LogP contribution in [0, 0.1) is 17.8 Å². The molecule has 17 nitrogen and oxygen atoms in total. The third-order valence-corrected chi connectivity index (χ3v) is 21.6. The van der Waals surface area contributed by atoms with Gasteiger partial charge in [0.1, 0.15) is 19.3 Å². The lowest BCUT2D eigenvalue weighted by Crippen LogP contribution is -2.30. The van der Waals surface area contributed by atoms with E-state index in [9.17, 15) is 43.2 Å². The molecule has 0 radical (unpaired) electrons. The van der Waals surface area contributed by atoms with E-state index in [1.807, 2.05) is 0 Å². The number of phosphoric ester groups is 2. The highest BCUT2D eigenvalue weighted by atomic mass is 31.2. The quantitative estimate of drug-likeness (QED) is 0.0222. The summed E-state index contributed by atoms with van der Waals surface area (Å²) in [4.78, 5) is 73.0. The molecule has 0 aromatic carbocycles. The van der Waals surface area contributed by atoms with E-state index in [0.717, 1.165) is 108 Å². The zero-order chi connectivity index (χ0) is 73.0. The summed E-state index contributed by atoms with van der Waals surface area (Å²) in [5.74, 6) is 0.348. The molecule has 0 saturated carbocycles. The second-order valence-corrected chi connectivity index (χ2v) is 32.4. The van der Waals surface area contributed by atoms with Gasteiger partial charge in [0, 0.05) is 25.7 Å². The standard InChI is InChI=1S/C80H156O17P2/c1-8-12-13-14-15-16-17-20-24-33-40-47-54-61-77(82)90-67-76(97-80(85)64-57-50-43-36-29-27-32-39-46-53-60-73(7)11-4)70-95-99(88,89)93-66-74(81)65-92-98(86,87)94-69-75(68-91-78(83)62-55-48-41-34-28-26-31-38-45-52-59-72(6)10-3)96-79(84)63-56-49-42-35-25-22-19-18-21-23-30-37-44-51-58-71(5)9-2/h71-76,81H,8-70H2,1-7H3,(H,86,87)(H,88,89)/t71?,72?,73?,74-,75-,76-/m1/s1. The van der Waals surface area contributed by atoms with Gasteiger partial charge in [-0.25, -0.2) is 9.13 Å². The molecule has 0 heterocycles. The molecular formula is C80H156O17P2. The van der Waals surface area contributed by atoms with Crippen molar-refractivity contribution in [3.8, 4) is 0 Å². The molecule has 0 aromatic rings. The number of esters is 4. The van der Waals surface area contributed by atoms with Crippen LogP contribution in [0.5, 0.6) is 0 Å². The van der Waals surface area contributed by atoms with Gasteiger partial charge >= 0.3 is 39.5 Å². The molecule has 0 fully saturated rings. The molecule has 0 aromatic heterocycles. The van der Waals surface area contributed by atoms with Crippen molar-refractivity contribution in [2.24, 2.45) is 17.8 Å². The van der Waals surface area contributed by atoms with E-state index in [-0.39, 0.29) is 25.7 Å². The van der Waals surface area contributed by atoms with Crippen molar-refractivity contribution in [3.63, 3.8) is 0 Å². The van der Waals surface area contributed by atoms with Crippen LogP contribution in [0.15, 0.2) is 0 Å². The highest BCUT2D eigenvalue weighted by Gasteiger charge is 2.30. The minimum absolute atomic E-state index is 0.107. The summed E-state index contributed by atoms with van der Waals surface area (Å²) < 4.78 is 68.7. The van der Waals surface area contributed by atoms with Gasteiger partial charge in [-0.1, -0.05) is 363 Å². The fraction of sp³-hybridized carbons (Fsp3) is 0.950. The molecule has 3 N–H and O–H groups in total. The van der Waals surface area contributed by atoms with Gasteiger partial charge in [-0.3, -0.25) is 37.3 Å². The van der Waals surface area contributed by atoms with E-state index in [0.29, 0.717) is 25.7 Å². The summed E-state index contributed by atoms with van der Waals surface area (Å²) in [7, 11) is -9.92. The van der Waals surface area contributed by atoms with Crippen LogP contribution in [0.3, 0.4) is 0 Å². The number of hydrogen-bond acceptors (Lipinski definition) is 15. The third kappa shape index (κ3) is 70.2. The van der Waals surface area contributed by atoms with Gasteiger partial charge in [-0.05, 0) is 43.4 Å². The van der Waals surface area contributed by atoms with E-state index in [4.69, 9.17) is 37.0 Å². The van der Waals surface area contributed by atoms with Gasteiger partial charge in [0.15, 0.2) is 12.2 Å². The second kappa shape index (κ2) is 70.4. The fourth-order valence-electron chi connectivity index (χ4n) is 12.2. The lowest BCUT2D eigenvalue weighted by molar-refractivity contribution is -0.161. The van der Waals surface area contributed by atoms with Gasteiger partial charge in [0.25, 0.3) is 0 Å². The Balaban J connectivity index is 5.28. The molecule has 0 aliphatic heterocycles. The van der Waals surface area contributed by atoms with Crippen LogP contribution in [0.1, 0.15) is 414 Å². The van der Waals surface area contributed by atoms with Crippen molar-refractivity contribution in [2.45, 2.75) is 433 Å². The van der Waals surface area contributed by atoms with Crippen molar-refractivity contribution in [3.05, 3.63) is 0 Å². The van der Waals surface area contributed by atoms with Crippen LogP contribution in [0.2, 0.25) is 0 Å². The van der Waals surface area contributed by atoms with E-state index in [2.05, 4.69) is 48.5 Å². The maximum absolute atomic E-state index is 13.1. The summed E-state index contributed by atoms with van der Waals surface area (Å²) >= 11 is 0. The van der Waals surface area contributed by atoms with Crippen LogP contribution in [0.4, 0.5) is 0 Å². The number of aliphatic hydroxyl groups excluding tert-OH is 1. The third-order valence-electron chi connectivity index (χ3n) is 19.7. The summed E-state index contributed by atoms with van der Waals surface area (Å²) in [5.41, 5.74) is 0. The molecule has 0 amide bonds. The molecule has 588 valence electrons. The number of hydrogen-bond donors (Lipinski definition) is 3. The monoisotopic (exact) mass is 1450 g/mol. The molecule has 0 rings (SSSR count). The summed E-state index contributed by atoms with van der Waals surface area (Å²) in [6, 6.07) is 0. The first-order valence-corrected chi connectivity index (χ1v) is 44.5. The number of rotatable bonds is 78. The zero-order valence-corrected chi connectivity index (χ0v) is 66.8. The predicted molar refractivity (Wildman–Crippen MR) is 405 cm³/mol. The summed E-state index contributed by atoms with van der Waals surface area (Å²) in [5, 5.41) is 10.6. The average Bonchev–Trinajstić information content (AvgIpc) is 1.00. The van der Waals surface area contributed by atoms with Crippen LogP contribution in [-0.2, 0) is 65.4 Å². The van der Waals surface area contributed by atoms with Gasteiger partial charge in [0.05, 0.1) is 26.4 Å². The molecule has 5 unspecified atom stereocenters. The number of unbranched alkanes of at least 4 members (excludes halogenated alkanes) is 43. The average molecular weight is 1450 g/mol. The summed E-state index contributed by atoms with van der Waals surface area (Å²) in [6.07, 6.45) is 57.9. The van der Waals surface area contributed by atoms with Gasteiger partial charge in [-0.15, -0.1) is 0 Å². The Hall–Kier alpha value is -1.94. The Kier molecular flexibility index (Phi) is 69.0. The molecule has 0 spiro atoms. The molecule has 0 bridgehead atoms. The maximum atomic E-state index is 13.1. The van der Waals surface area contributed by atoms with E-state index >= 15 is 0 Å². The Morgan fingerprint density at radius 3 is 0.717 bits per heavy atom. The molecule has 19 heteroatoms. The number of aliphatic hydroxyl groups is 1. The van der Waals surface area contributed by atoms with Gasteiger partial charge < -0.3 is 33.8 Å². The lowest BCUT2D eigenvalue weighted by Gasteiger charge is -2.21. The van der Waals surface area contributed by atoms with E-state index in [1.165, 1.54) is 225 Å². The second-order valence-electron chi connectivity index (χ2n) is 29.5. The Labute approximate surface area is 607 Å². The van der Waals surface area contributed by atoms with Crippen molar-refractivity contribution in [2.75, 3.05) is 39.6 Å². The Morgan fingerprint density at radius 1 is 0.283 bits per heavy atom. The van der Waals surface area contributed by atoms with Crippen molar-refractivity contribution >= 4 is 39.5 Å². The number of carbonyl (C=O) groups excluding carboxylic acids is 4. The van der Waals surface area contributed by atoms with Crippen molar-refractivity contribution in [1.29, 1.82) is 0 Å². The highest BCUT2D eigenvalue weighted by Crippen LogP contribution is 2.45. The molecule has 0 saturated heterocycles. The SMILES string of the molecule is CCCCCCCCCCCCCCCC(=O)OC[C@H](COP(=O)(O)OC[C@H](O)COP(=O)(O)OC[C@@H](COC(=O)CCCCCCCCCCCCC(C)CC)OC(=O)CCCCCCCCCCCCCCCCC(C)CC)OC(=O)CCCCCCCCCCCCC(C)CC. The largest absolute Gasteiger partial charge is 0.472 e. The van der Waals surface area contributed by atoms with Crippen molar-refractivity contribution < 1.29 is 80.2 Å². The molecule has 8 atom stereocenters. The smallest absolute Gasteiger partial charge is 0.462 e. The van der Waals surface area contributed by atoms with Gasteiger partial charge in [0.2, 0.25) is 0 Å². The predicted octanol–water partition coefficient (Wildman–Crippen LogP) is 23.7. The van der Waals surface area contributed by atoms with Crippen LogP contribution in [0.25, 0.3) is 0 Å². The lowest BCUT2D eigenvalue weighted by atomic mass is 9.99. The number of carbonyl (C=O) groups is 4. The Bertz CT molecular complexity index is 1930. The first-order chi connectivity index (χ1) is 47.8. The number of ether oxygens (including phenoxy) is 4. The van der Waals surface area contributed by atoms with Gasteiger partial charge in [-0.2, -0.15) is 0 Å². The first kappa shape index (κ1) is 97.1. The molecule has 0 aliphatic carbocycles. The molecule has 99 heavy (non-hydrogen) atoms.